The summed E-state index contributed by atoms with van der Waals surface area (Å²) in [5, 5.41) is 2.80. The molecule has 1 aromatic carbocycles. The van der Waals surface area contributed by atoms with Gasteiger partial charge in [-0.15, -0.1) is 17.9 Å². The number of rotatable bonds is 9. The number of halogens is 1. The number of nitrogens with zero attached hydrogens (tertiary/aromatic N) is 2. The summed E-state index contributed by atoms with van der Waals surface area (Å²) in [4.78, 5) is 42.9. The number of esters is 1. The Morgan fingerprint density at radius 1 is 1.21 bits per heavy atom. The molecule has 0 bridgehead atoms. The molecule has 2 aromatic heterocycles. The predicted octanol–water partition coefficient (Wildman–Crippen LogP) is 3.63. The fourth-order valence-corrected chi connectivity index (χ4v) is 7.64. The highest BCUT2D eigenvalue weighted by molar-refractivity contribution is 7.92. The molecule has 1 aliphatic carbocycles. The number of benzene rings is 1. The Hall–Kier alpha value is -3.16. The highest BCUT2D eigenvalue weighted by Gasteiger charge is 2.28. The van der Waals surface area contributed by atoms with Crippen LogP contribution >= 0.6 is 22.7 Å². The summed E-state index contributed by atoms with van der Waals surface area (Å²) in [6.07, 6.45) is 4.90. The molecule has 0 atom stereocenters. The first-order valence-corrected chi connectivity index (χ1v) is 15.4. The number of thiophene rings is 1. The van der Waals surface area contributed by atoms with E-state index < -0.39 is 44.9 Å². The van der Waals surface area contributed by atoms with E-state index in [1.54, 1.807) is 23.6 Å². The van der Waals surface area contributed by atoms with Crippen LogP contribution in [0.3, 0.4) is 0 Å². The highest BCUT2D eigenvalue weighted by Crippen LogP contribution is 2.38. The maximum atomic E-state index is 13.6. The largest absolute Gasteiger partial charge is 0.462 e. The van der Waals surface area contributed by atoms with Crippen LogP contribution in [0.15, 0.2) is 35.8 Å². The number of hydrogen-bond acceptors (Lipinski definition) is 8. The second-order valence-corrected chi connectivity index (χ2v) is 12.8. The van der Waals surface area contributed by atoms with Gasteiger partial charge in [0.05, 0.1) is 22.4 Å². The number of hydrogen-bond donors (Lipinski definition) is 1. The van der Waals surface area contributed by atoms with E-state index in [1.807, 2.05) is 0 Å². The van der Waals surface area contributed by atoms with Crippen molar-refractivity contribution in [3.63, 3.8) is 0 Å². The Kier molecular flexibility index (Phi) is 8.58. The number of allylic oxidation sites excluding steroid dienone is 1. The summed E-state index contributed by atoms with van der Waals surface area (Å²) in [7, 11) is -4.18. The molecule has 0 fully saturated rings. The van der Waals surface area contributed by atoms with Crippen molar-refractivity contribution in [2.24, 2.45) is 4.99 Å². The molecule has 2 heterocycles. The maximum Gasteiger partial charge on any atom is 0.341 e. The second-order valence-electron chi connectivity index (χ2n) is 8.62. The van der Waals surface area contributed by atoms with Gasteiger partial charge in [-0.05, 0) is 56.4 Å². The molecule has 3 aromatic rings. The van der Waals surface area contributed by atoms with E-state index in [-0.39, 0.29) is 28.5 Å². The molecule has 0 saturated heterocycles. The molecule has 2 amide bonds. The maximum absolute atomic E-state index is 13.6. The van der Waals surface area contributed by atoms with Crippen molar-refractivity contribution in [2.45, 2.75) is 39.2 Å². The molecule has 1 N–H and O–H groups in total. The van der Waals surface area contributed by atoms with Crippen LogP contribution in [-0.4, -0.2) is 48.9 Å². The molecule has 0 saturated carbocycles. The average Bonchev–Trinajstić information content (AvgIpc) is 3.35. The average molecular weight is 580 g/mol. The van der Waals surface area contributed by atoms with Crippen LogP contribution in [0.5, 0.6) is 0 Å². The van der Waals surface area contributed by atoms with Crippen LogP contribution in [0.25, 0.3) is 10.2 Å². The van der Waals surface area contributed by atoms with E-state index in [9.17, 15) is 27.2 Å². The van der Waals surface area contributed by atoms with Gasteiger partial charge in [0, 0.05) is 11.4 Å². The molecule has 0 unspecified atom stereocenters. The first kappa shape index (κ1) is 27.9. The summed E-state index contributed by atoms with van der Waals surface area (Å²) in [5.74, 6) is -4.77. The number of amides is 2. The Morgan fingerprint density at radius 2 is 1.97 bits per heavy atom. The van der Waals surface area contributed by atoms with Crippen molar-refractivity contribution < 1.29 is 31.9 Å². The number of carbonyl (C=O) groups is 3. The van der Waals surface area contributed by atoms with Gasteiger partial charge in [-0.2, -0.15) is 4.99 Å². The molecular weight excluding hydrogens is 553 g/mol. The van der Waals surface area contributed by atoms with Crippen molar-refractivity contribution in [2.75, 3.05) is 23.4 Å². The van der Waals surface area contributed by atoms with Crippen LogP contribution in [-0.2, 0) is 43.5 Å². The SMILES string of the molecule is C=CCn1c(=NC(=O)CS(=O)(=O)CC(=O)Nc2sc3c(c2C(=O)OCC)CCCC3)sc2cc(F)ccc21. The van der Waals surface area contributed by atoms with E-state index in [0.717, 1.165) is 41.0 Å². The Bertz CT molecular complexity index is 1600. The summed E-state index contributed by atoms with van der Waals surface area (Å²) >= 11 is 2.29. The first-order chi connectivity index (χ1) is 18.1. The molecule has 0 spiro atoms. The minimum absolute atomic E-state index is 0.165. The Morgan fingerprint density at radius 3 is 2.71 bits per heavy atom. The fraction of sp³-hybridized carbons (Fsp3) is 0.360. The van der Waals surface area contributed by atoms with Gasteiger partial charge >= 0.3 is 5.97 Å². The molecule has 202 valence electrons. The number of fused-ring (bicyclic) bond motifs is 2. The van der Waals surface area contributed by atoms with Gasteiger partial charge in [0.1, 0.15) is 22.3 Å². The molecule has 0 radical (unpaired) electrons. The molecular formula is C25H26FN3O6S3. The summed E-state index contributed by atoms with van der Waals surface area (Å²) in [6, 6.07) is 4.13. The summed E-state index contributed by atoms with van der Waals surface area (Å²) in [6.45, 7) is 5.79. The number of thiazole rings is 1. The van der Waals surface area contributed by atoms with Crippen molar-refractivity contribution in [3.05, 3.63) is 57.5 Å². The first-order valence-electron chi connectivity index (χ1n) is 11.9. The topological polar surface area (TPSA) is 124 Å². The standard InChI is InChI=1S/C25H26FN3O6S3/c1-3-11-29-17-10-9-15(26)12-19(17)37-25(29)28-21(31)14-38(33,34)13-20(30)27-23-22(24(32)35-4-2)16-7-5-6-8-18(16)36-23/h3,9-10,12H,1,4-8,11,13-14H2,2H3,(H,27,30). The normalized spacial score (nSPS) is 13.8. The van der Waals surface area contributed by atoms with Crippen LogP contribution < -0.4 is 10.1 Å². The highest BCUT2D eigenvalue weighted by atomic mass is 32.2. The minimum Gasteiger partial charge on any atom is -0.462 e. The van der Waals surface area contributed by atoms with Crippen LogP contribution in [0.4, 0.5) is 9.39 Å². The lowest BCUT2D eigenvalue weighted by Gasteiger charge is -2.12. The lowest BCUT2D eigenvalue weighted by Crippen LogP contribution is -2.28. The van der Waals surface area contributed by atoms with Crippen molar-refractivity contribution in [3.8, 4) is 0 Å². The molecule has 9 nitrogen and oxygen atoms in total. The molecule has 4 rings (SSSR count). The molecule has 0 aliphatic heterocycles. The van der Waals surface area contributed by atoms with Crippen molar-refractivity contribution >= 4 is 65.5 Å². The number of anilines is 1. The molecule has 38 heavy (non-hydrogen) atoms. The van der Waals surface area contributed by atoms with E-state index >= 15 is 0 Å². The number of carbonyl (C=O) groups excluding carboxylic acids is 3. The van der Waals surface area contributed by atoms with Crippen molar-refractivity contribution in [1.82, 2.24) is 4.57 Å². The van der Waals surface area contributed by atoms with Crippen LogP contribution in [0.1, 0.15) is 40.6 Å². The third-order valence-corrected chi connectivity index (χ3v) is 9.41. The predicted molar refractivity (Wildman–Crippen MR) is 145 cm³/mol. The number of nitrogens with one attached hydrogen (secondary N) is 1. The zero-order valence-corrected chi connectivity index (χ0v) is 23.1. The molecule has 13 heteroatoms. The van der Waals surface area contributed by atoms with E-state index in [0.29, 0.717) is 16.6 Å². The lowest BCUT2D eigenvalue weighted by molar-refractivity contribution is -0.115. The van der Waals surface area contributed by atoms with Gasteiger partial charge in [-0.3, -0.25) is 9.59 Å². The van der Waals surface area contributed by atoms with Gasteiger partial charge in [0.25, 0.3) is 5.91 Å². The Labute approximate surface area is 226 Å². The third kappa shape index (κ3) is 6.27. The van der Waals surface area contributed by atoms with Crippen LogP contribution in [0.2, 0.25) is 0 Å². The fourth-order valence-electron chi connectivity index (χ4n) is 4.25. The number of sulfone groups is 1. The van der Waals surface area contributed by atoms with E-state index in [2.05, 4.69) is 16.9 Å². The van der Waals surface area contributed by atoms with Crippen molar-refractivity contribution in [1.29, 1.82) is 0 Å². The van der Waals surface area contributed by atoms with E-state index in [1.165, 1.54) is 23.5 Å². The van der Waals surface area contributed by atoms with Gasteiger partial charge in [0.15, 0.2) is 14.6 Å². The van der Waals surface area contributed by atoms with Gasteiger partial charge in [-0.25, -0.2) is 17.6 Å². The number of aromatic nitrogens is 1. The Balaban J connectivity index is 1.51. The smallest absolute Gasteiger partial charge is 0.341 e. The quantitative estimate of drug-likeness (QED) is 0.305. The lowest BCUT2D eigenvalue weighted by atomic mass is 9.95. The number of aryl methyl sites for hydroxylation is 1. The monoisotopic (exact) mass is 579 g/mol. The second kappa shape index (κ2) is 11.7. The molecule has 1 aliphatic rings. The van der Waals surface area contributed by atoms with Gasteiger partial charge in [-0.1, -0.05) is 17.4 Å². The number of ether oxygens (including phenoxy) is 1. The van der Waals surface area contributed by atoms with E-state index in [4.69, 9.17) is 4.74 Å². The van der Waals surface area contributed by atoms with Crippen LogP contribution in [0, 0.1) is 5.82 Å². The summed E-state index contributed by atoms with van der Waals surface area (Å²) in [5.41, 5.74) is 1.74. The van der Waals surface area contributed by atoms with Gasteiger partial charge in [0.2, 0.25) is 5.91 Å². The van der Waals surface area contributed by atoms with Gasteiger partial charge < -0.3 is 14.6 Å². The zero-order valence-electron chi connectivity index (χ0n) is 20.6. The minimum atomic E-state index is -4.18. The third-order valence-electron chi connectivity index (χ3n) is 5.78. The summed E-state index contributed by atoms with van der Waals surface area (Å²) < 4.78 is 46.3. The zero-order chi connectivity index (χ0) is 27.4.